The minimum absolute atomic E-state index is 0.158. The topological polar surface area (TPSA) is 32.9 Å². The smallest absolute Gasteiger partial charge is 0.261 e. The Balaban J connectivity index is 2.64. The van der Waals surface area contributed by atoms with Gasteiger partial charge in [0.2, 0.25) is 0 Å². The fourth-order valence-corrected chi connectivity index (χ4v) is 1.59. The predicted molar refractivity (Wildman–Crippen MR) is 59.8 cm³/mol. The van der Waals surface area contributed by atoms with Gasteiger partial charge in [0.25, 0.3) is 5.56 Å². The molecule has 0 amide bonds. The molecule has 0 bridgehead atoms. The maximum absolute atomic E-state index is 11.3. The lowest BCUT2D eigenvalue weighted by molar-refractivity contribution is 1.15. The Morgan fingerprint density at radius 1 is 1.07 bits per heavy atom. The summed E-state index contributed by atoms with van der Waals surface area (Å²) >= 11 is 4.18. The van der Waals surface area contributed by atoms with Crippen molar-refractivity contribution in [2.75, 3.05) is 0 Å². The first-order valence-electron chi connectivity index (χ1n) is 4.25. The monoisotopic (exact) mass is 203 g/mol. The molecule has 1 aromatic heterocycles. The zero-order chi connectivity index (χ0) is 9.97. The standard InChI is InChI=1S/C11H9NOS/c13-11-10(14)9(6-7-12-11)8-4-2-1-3-5-8/h1-7,14H,(H,12,13). The van der Waals surface area contributed by atoms with E-state index in [1.165, 1.54) is 0 Å². The van der Waals surface area contributed by atoms with Crippen molar-refractivity contribution in [2.45, 2.75) is 4.90 Å². The normalized spacial score (nSPS) is 10.1. The average molecular weight is 203 g/mol. The quantitative estimate of drug-likeness (QED) is 0.685. The Labute approximate surface area is 87.0 Å². The summed E-state index contributed by atoms with van der Waals surface area (Å²) in [5.74, 6) is 0. The van der Waals surface area contributed by atoms with Gasteiger partial charge in [0, 0.05) is 11.8 Å². The molecule has 0 atom stereocenters. The first-order chi connectivity index (χ1) is 6.79. The van der Waals surface area contributed by atoms with Crippen LogP contribution in [0.1, 0.15) is 0 Å². The second kappa shape index (κ2) is 3.72. The molecule has 1 N–H and O–H groups in total. The van der Waals surface area contributed by atoms with Crippen LogP contribution in [0.5, 0.6) is 0 Å². The van der Waals surface area contributed by atoms with Gasteiger partial charge in [-0.15, -0.1) is 12.6 Å². The summed E-state index contributed by atoms with van der Waals surface area (Å²) in [6, 6.07) is 11.6. The van der Waals surface area contributed by atoms with Gasteiger partial charge in [0.1, 0.15) is 0 Å². The van der Waals surface area contributed by atoms with E-state index in [2.05, 4.69) is 17.6 Å². The van der Waals surface area contributed by atoms with Gasteiger partial charge in [-0.25, -0.2) is 0 Å². The molecule has 3 heteroatoms. The third-order valence-electron chi connectivity index (χ3n) is 2.02. The molecule has 0 radical (unpaired) electrons. The summed E-state index contributed by atoms with van der Waals surface area (Å²) in [6.07, 6.45) is 1.63. The van der Waals surface area contributed by atoms with Crippen molar-refractivity contribution in [3.8, 4) is 11.1 Å². The minimum atomic E-state index is -0.158. The van der Waals surface area contributed by atoms with Crippen LogP contribution in [0, 0.1) is 0 Å². The van der Waals surface area contributed by atoms with E-state index in [1.54, 1.807) is 6.20 Å². The van der Waals surface area contributed by atoms with Crippen LogP contribution < -0.4 is 5.56 Å². The molecule has 0 spiro atoms. The number of hydrogen-bond donors (Lipinski definition) is 2. The first-order valence-corrected chi connectivity index (χ1v) is 4.70. The summed E-state index contributed by atoms with van der Waals surface area (Å²) in [6.45, 7) is 0. The highest BCUT2D eigenvalue weighted by Crippen LogP contribution is 2.22. The molecule has 0 aliphatic rings. The van der Waals surface area contributed by atoms with Crippen molar-refractivity contribution in [1.82, 2.24) is 4.98 Å². The van der Waals surface area contributed by atoms with Crippen LogP contribution in [0.15, 0.2) is 52.3 Å². The van der Waals surface area contributed by atoms with Gasteiger partial charge < -0.3 is 4.98 Å². The summed E-state index contributed by atoms with van der Waals surface area (Å²) in [4.78, 5) is 14.3. The highest BCUT2D eigenvalue weighted by Gasteiger charge is 2.03. The summed E-state index contributed by atoms with van der Waals surface area (Å²) in [5.41, 5.74) is 1.70. The van der Waals surface area contributed by atoms with Gasteiger partial charge in [-0.3, -0.25) is 4.79 Å². The van der Waals surface area contributed by atoms with E-state index in [-0.39, 0.29) is 5.56 Å². The fraction of sp³-hybridized carbons (Fsp3) is 0. The lowest BCUT2D eigenvalue weighted by atomic mass is 10.1. The van der Waals surface area contributed by atoms with Gasteiger partial charge in [0.15, 0.2) is 0 Å². The van der Waals surface area contributed by atoms with E-state index >= 15 is 0 Å². The maximum Gasteiger partial charge on any atom is 0.261 e. The van der Waals surface area contributed by atoms with E-state index in [4.69, 9.17) is 0 Å². The largest absolute Gasteiger partial charge is 0.328 e. The number of nitrogens with one attached hydrogen (secondary N) is 1. The van der Waals surface area contributed by atoms with Crippen LogP contribution in [0.25, 0.3) is 11.1 Å². The molecule has 1 aromatic carbocycles. The van der Waals surface area contributed by atoms with Crippen LogP contribution >= 0.6 is 12.6 Å². The Hall–Kier alpha value is -1.48. The zero-order valence-corrected chi connectivity index (χ0v) is 8.29. The van der Waals surface area contributed by atoms with Crippen LogP contribution in [0.2, 0.25) is 0 Å². The Morgan fingerprint density at radius 3 is 2.50 bits per heavy atom. The molecule has 0 saturated carbocycles. The SMILES string of the molecule is O=c1[nH]ccc(-c2ccccc2)c1S. The number of thiol groups is 1. The first kappa shape index (κ1) is 9.09. The molecule has 0 saturated heterocycles. The lowest BCUT2D eigenvalue weighted by Gasteiger charge is -2.02. The number of pyridine rings is 1. The van der Waals surface area contributed by atoms with Crippen molar-refractivity contribution in [3.63, 3.8) is 0 Å². The third-order valence-corrected chi connectivity index (χ3v) is 2.46. The summed E-state index contributed by atoms with van der Waals surface area (Å²) in [5, 5.41) is 0. The van der Waals surface area contributed by atoms with Gasteiger partial charge in [-0.1, -0.05) is 30.3 Å². The summed E-state index contributed by atoms with van der Waals surface area (Å²) in [7, 11) is 0. The molecule has 14 heavy (non-hydrogen) atoms. The Kier molecular flexibility index (Phi) is 2.41. The van der Waals surface area contributed by atoms with Gasteiger partial charge in [-0.05, 0) is 11.6 Å². The van der Waals surface area contributed by atoms with Crippen molar-refractivity contribution in [3.05, 3.63) is 52.9 Å². The Morgan fingerprint density at radius 2 is 1.79 bits per heavy atom. The van der Waals surface area contributed by atoms with Crippen molar-refractivity contribution in [1.29, 1.82) is 0 Å². The van der Waals surface area contributed by atoms with Gasteiger partial charge >= 0.3 is 0 Å². The molecule has 2 rings (SSSR count). The van der Waals surface area contributed by atoms with E-state index in [9.17, 15) is 4.79 Å². The number of H-pyrrole nitrogens is 1. The molecule has 1 heterocycles. The maximum atomic E-state index is 11.3. The molecule has 0 unspecified atom stereocenters. The van der Waals surface area contributed by atoms with Gasteiger partial charge in [0.05, 0.1) is 4.90 Å². The highest BCUT2D eigenvalue weighted by molar-refractivity contribution is 7.80. The second-order valence-electron chi connectivity index (χ2n) is 2.94. The van der Waals surface area contributed by atoms with Crippen molar-refractivity contribution >= 4 is 12.6 Å². The van der Waals surface area contributed by atoms with Crippen molar-refractivity contribution in [2.24, 2.45) is 0 Å². The zero-order valence-electron chi connectivity index (χ0n) is 7.40. The molecule has 2 nitrogen and oxygen atoms in total. The van der Waals surface area contributed by atoms with Crippen LogP contribution in [0.3, 0.4) is 0 Å². The van der Waals surface area contributed by atoms with E-state index < -0.39 is 0 Å². The molecular weight excluding hydrogens is 194 g/mol. The second-order valence-corrected chi connectivity index (χ2v) is 3.38. The summed E-state index contributed by atoms with van der Waals surface area (Å²) < 4.78 is 0. The number of hydrogen-bond acceptors (Lipinski definition) is 2. The molecule has 0 aliphatic heterocycles. The minimum Gasteiger partial charge on any atom is -0.328 e. The number of aromatic nitrogens is 1. The van der Waals surface area contributed by atoms with Crippen LogP contribution in [-0.4, -0.2) is 4.98 Å². The highest BCUT2D eigenvalue weighted by atomic mass is 32.1. The van der Waals surface area contributed by atoms with Gasteiger partial charge in [-0.2, -0.15) is 0 Å². The van der Waals surface area contributed by atoms with Crippen LogP contribution in [-0.2, 0) is 0 Å². The number of rotatable bonds is 1. The van der Waals surface area contributed by atoms with Crippen LogP contribution in [0.4, 0.5) is 0 Å². The van der Waals surface area contributed by atoms with E-state index in [1.807, 2.05) is 36.4 Å². The van der Waals surface area contributed by atoms with Crippen molar-refractivity contribution < 1.29 is 0 Å². The molecular formula is C11H9NOS. The van der Waals surface area contributed by atoms with E-state index in [0.717, 1.165) is 11.1 Å². The molecule has 2 aromatic rings. The average Bonchev–Trinajstić information content (AvgIpc) is 2.23. The fourth-order valence-electron chi connectivity index (χ4n) is 1.32. The molecule has 0 aliphatic carbocycles. The number of benzene rings is 1. The lowest BCUT2D eigenvalue weighted by Crippen LogP contribution is -2.06. The number of aromatic amines is 1. The molecule has 0 fully saturated rings. The third kappa shape index (κ3) is 1.59. The Bertz CT molecular complexity index is 490. The van der Waals surface area contributed by atoms with E-state index in [0.29, 0.717) is 4.90 Å². The predicted octanol–water partition coefficient (Wildman–Crippen LogP) is 2.33. The molecule has 70 valence electrons.